The van der Waals surface area contributed by atoms with Gasteiger partial charge in [-0.05, 0) is 20.8 Å². The van der Waals surface area contributed by atoms with Gasteiger partial charge in [0.15, 0.2) is 5.70 Å². The minimum absolute atomic E-state index is 0.00825. The van der Waals surface area contributed by atoms with Gasteiger partial charge in [0.05, 0.1) is 0 Å². The molecule has 74 valence electrons. The van der Waals surface area contributed by atoms with Crippen LogP contribution in [0.1, 0.15) is 20.8 Å². The molecule has 0 aromatic heterocycles. The van der Waals surface area contributed by atoms with Gasteiger partial charge in [0.2, 0.25) is 0 Å². The zero-order valence-electron chi connectivity index (χ0n) is 8.33. The van der Waals surface area contributed by atoms with Crippen molar-refractivity contribution in [1.29, 1.82) is 0 Å². The van der Waals surface area contributed by atoms with E-state index in [0.717, 1.165) is 0 Å². The van der Waals surface area contributed by atoms with Gasteiger partial charge in [-0.25, -0.2) is 0 Å². The average Bonchev–Trinajstić information content (AvgIpc) is 1.97. The second-order valence-corrected chi connectivity index (χ2v) is 2.86. The molecule has 0 saturated heterocycles. The molecular weight excluding hydrogens is 170 g/mol. The molecule has 0 atom stereocenters. The Balaban J connectivity index is 4.59. The average molecular weight is 185 g/mol. The van der Waals surface area contributed by atoms with E-state index in [1.807, 2.05) is 13.8 Å². The van der Waals surface area contributed by atoms with E-state index in [9.17, 15) is 4.79 Å². The highest BCUT2D eigenvalue weighted by Crippen LogP contribution is 2.03. The third-order valence-corrected chi connectivity index (χ3v) is 1.18. The van der Waals surface area contributed by atoms with Gasteiger partial charge in [-0.1, -0.05) is 0 Å². The van der Waals surface area contributed by atoms with E-state index in [4.69, 9.17) is 5.11 Å². The second kappa shape index (κ2) is 5.29. The lowest BCUT2D eigenvalue weighted by Crippen LogP contribution is -2.31. The van der Waals surface area contributed by atoms with Gasteiger partial charge in [-0.3, -0.25) is 4.79 Å². The predicted molar refractivity (Wildman–Crippen MR) is 49.4 cm³/mol. The quantitative estimate of drug-likeness (QED) is 0.396. The minimum atomic E-state index is -0.416. The van der Waals surface area contributed by atoms with Crippen LogP contribution in [0.25, 0.3) is 0 Å². The van der Waals surface area contributed by atoms with Crippen LogP contribution in [-0.4, -0.2) is 24.1 Å². The number of aliphatic hydroxyl groups is 1. The highest BCUT2D eigenvalue weighted by molar-refractivity contribution is 5.93. The van der Waals surface area contributed by atoms with E-state index in [1.165, 1.54) is 14.0 Å². The lowest BCUT2D eigenvalue weighted by molar-refractivity contribution is -0.118. The molecule has 0 aliphatic heterocycles. The summed E-state index contributed by atoms with van der Waals surface area (Å²) in [4.78, 5) is 11.3. The summed E-state index contributed by atoms with van der Waals surface area (Å²) >= 11 is 0. The fourth-order valence-electron chi connectivity index (χ4n) is 0.713. The molecule has 0 heterocycles. The van der Waals surface area contributed by atoms with Crippen LogP contribution in [0.5, 0.6) is 0 Å². The lowest BCUT2D eigenvalue weighted by Gasteiger charge is -2.07. The standard InChI is InChI=1S/C8H15N3O2/c1-5(2)10-8(13)7(6(3)12)11-9-4/h5,12H,1-4H3,(H,10,13)/b7-6-,11-9?. The molecule has 0 rings (SSSR count). The first-order valence-corrected chi connectivity index (χ1v) is 3.99. The zero-order chi connectivity index (χ0) is 10.4. The van der Waals surface area contributed by atoms with Crippen LogP contribution in [0.15, 0.2) is 21.7 Å². The minimum Gasteiger partial charge on any atom is -0.510 e. The molecular formula is C8H15N3O2. The van der Waals surface area contributed by atoms with Crippen LogP contribution in [0.2, 0.25) is 0 Å². The largest absolute Gasteiger partial charge is 0.510 e. The summed E-state index contributed by atoms with van der Waals surface area (Å²) in [6.07, 6.45) is 0. The topological polar surface area (TPSA) is 74.0 Å². The van der Waals surface area contributed by atoms with Crippen molar-refractivity contribution in [2.75, 3.05) is 7.05 Å². The number of amides is 1. The molecule has 0 bridgehead atoms. The summed E-state index contributed by atoms with van der Waals surface area (Å²) in [7, 11) is 1.44. The fourth-order valence-corrected chi connectivity index (χ4v) is 0.713. The summed E-state index contributed by atoms with van der Waals surface area (Å²) in [5.74, 6) is -0.552. The van der Waals surface area contributed by atoms with Crippen LogP contribution in [0, 0.1) is 0 Å². The van der Waals surface area contributed by atoms with Gasteiger partial charge in [0.25, 0.3) is 5.91 Å². The lowest BCUT2D eigenvalue weighted by atomic mass is 10.3. The van der Waals surface area contributed by atoms with E-state index in [-0.39, 0.29) is 17.5 Å². The number of rotatable bonds is 3. The number of aliphatic hydroxyl groups excluding tert-OH is 1. The number of allylic oxidation sites excluding steroid dienone is 1. The number of nitrogens with one attached hydrogen (secondary N) is 1. The summed E-state index contributed by atoms with van der Waals surface area (Å²) in [5.41, 5.74) is -0.0452. The first-order valence-electron chi connectivity index (χ1n) is 3.99. The Morgan fingerprint density at radius 1 is 1.46 bits per heavy atom. The smallest absolute Gasteiger partial charge is 0.275 e. The van der Waals surface area contributed by atoms with E-state index in [2.05, 4.69) is 15.5 Å². The highest BCUT2D eigenvalue weighted by atomic mass is 16.3. The first-order chi connectivity index (χ1) is 5.99. The number of hydrogen-bond acceptors (Lipinski definition) is 4. The molecule has 5 nitrogen and oxygen atoms in total. The van der Waals surface area contributed by atoms with E-state index in [0.29, 0.717) is 0 Å². The first kappa shape index (κ1) is 11.6. The summed E-state index contributed by atoms with van der Waals surface area (Å²) in [6, 6.07) is 0.00825. The molecule has 0 fully saturated rings. The van der Waals surface area contributed by atoms with Crippen LogP contribution >= 0.6 is 0 Å². The fraction of sp³-hybridized carbons (Fsp3) is 0.625. The molecule has 0 radical (unpaired) electrons. The van der Waals surface area contributed by atoms with Crippen LogP contribution in [0.3, 0.4) is 0 Å². The molecule has 0 unspecified atom stereocenters. The Hall–Kier alpha value is -1.39. The van der Waals surface area contributed by atoms with Gasteiger partial charge < -0.3 is 10.4 Å². The summed E-state index contributed by atoms with van der Waals surface area (Å²) < 4.78 is 0. The maximum atomic E-state index is 11.3. The van der Waals surface area contributed by atoms with E-state index >= 15 is 0 Å². The number of carbonyl (C=O) groups excluding carboxylic acids is 1. The number of carbonyl (C=O) groups is 1. The van der Waals surface area contributed by atoms with E-state index in [1.54, 1.807) is 0 Å². The van der Waals surface area contributed by atoms with Crippen molar-refractivity contribution < 1.29 is 9.90 Å². The van der Waals surface area contributed by atoms with Crippen LogP contribution < -0.4 is 5.32 Å². The summed E-state index contributed by atoms with van der Waals surface area (Å²) in [5, 5.41) is 18.6. The number of nitrogens with zero attached hydrogens (tertiary/aromatic N) is 2. The predicted octanol–water partition coefficient (Wildman–Crippen LogP) is 1.38. The van der Waals surface area contributed by atoms with Crippen molar-refractivity contribution in [3.63, 3.8) is 0 Å². The molecule has 5 heteroatoms. The van der Waals surface area contributed by atoms with Gasteiger partial charge in [-0.2, -0.15) is 5.11 Å². The third kappa shape index (κ3) is 4.25. The normalized spacial score (nSPS) is 13.3. The van der Waals surface area contributed by atoms with Gasteiger partial charge >= 0.3 is 0 Å². The van der Waals surface area contributed by atoms with Crippen molar-refractivity contribution in [2.24, 2.45) is 10.2 Å². The van der Waals surface area contributed by atoms with Crippen molar-refractivity contribution in [1.82, 2.24) is 5.32 Å². The van der Waals surface area contributed by atoms with Gasteiger partial charge in [0, 0.05) is 13.1 Å². The van der Waals surface area contributed by atoms with Crippen molar-refractivity contribution in [3.8, 4) is 0 Å². The van der Waals surface area contributed by atoms with Crippen LogP contribution in [0.4, 0.5) is 0 Å². The Kier molecular flexibility index (Phi) is 4.72. The maximum Gasteiger partial charge on any atom is 0.275 e. The van der Waals surface area contributed by atoms with E-state index < -0.39 is 5.91 Å². The van der Waals surface area contributed by atoms with Crippen molar-refractivity contribution in [2.45, 2.75) is 26.8 Å². The van der Waals surface area contributed by atoms with Crippen molar-refractivity contribution >= 4 is 5.91 Å². The monoisotopic (exact) mass is 185 g/mol. The molecule has 13 heavy (non-hydrogen) atoms. The molecule has 0 saturated carbocycles. The van der Waals surface area contributed by atoms with Gasteiger partial charge in [-0.15, -0.1) is 5.11 Å². The Labute approximate surface area is 77.6 Å². The van der Waals surface area contributed by atoms with Crippen molar-refractivity contribution in [3.05, 3.63) is 11.5 Å². The van der Waals surface area contributed by atoms with Gasteiger partial charge in [0.1, 0.15) is 5.76 Å². The Morgan fingerprint density at radius 3 is 2.31 bits per heavy atom. The Bertz CT molecular complexity index is 240. The van der Waals surface area contributed by atoms with Crippen LogP contribution in [-0.2, 0) is 4.79 Å². The second-order valence-electron chi connectivity index (χ2n) is 2.86. The molecule has 0 aromatic rings. The zero-order valence-corrected chi connectivity index (χ0v) is 8.33. The Morgan fingerprint density at radius 2 is 2.00 bits per heavy atom. The molecule has 0 spiro atoms. The number of azo groups is 1. The molecule has 1 amide bonds. The summed E-state index contributed by atoms with van der Waals surface area (Å²) in [6.45, 7) is 5.04. The maximum absolute atomic E-state index is 11.3. The molecule has 0 aliphatic carbocycles. The molecule has 0 aromatic carbocycles. The number of hydrogen-bond donors (Lipinski definition) is 2. The SMILES string of the molecule is CN=N/C(C(=O)NC(C)C)=C(/C)O. The molecule has 0 aliphatic rings. The highest BCUT2D eigenvalue weighted by Gasteiger charge is 2.12. The third-order valence-electron chi connectivity index (χ3n) is 1.18. The molecule has 2 N–H and O–H groups in total.